The zero-order chi connectivity index (χ0) is 13.8. The fourth-order valence-electron chi connectivity index (χ4n) is 1.95. The summed E-state index contributed by atoms with van der Waals surface area (Å²) in [5.74, 6) is -0.194. The van der Waals surface area contributed by atoms with Crippen LogP contribution in [0.1, 0.15) is 35.8 Å². The number of alkyl halides is 1. The Morgan fingerprint density at radius 2 is 2.32 bits per heavy atom. The molecule has 0 spiro atoms. The standard InChI is InChI=1S/C14H18IN2O2/c1-4-5-8-15-19-14(18)12-10(2)17(3)13-11(12)7-6-9-16-13/h6-7,9H,4-5,8H2,1-3H3/q-1. The van der Waals surface area contributed by atoms with Gasteiger partial charge in [0.25, 0.3) is 0 Å². The summed E-state index contributed by atoms with van der Waals surface area (Å²) in [5, 5.41) is 0.881. The van der Waals surface area contributed by atoms with Gasteiger partial charge in [-0.2, -0.15) is 0 Å². The van der Waals surface area contributed by atoms with Crippen molar-refractivity contribution in [3.05, 3.63) is 29.6 Å². The summed E-state index contributed by atoms with van der Waals surface area (Å²) in [6.45, 7) is 4.08. The molecule has 2 aromatic rings. The van der Waals surface area contributed by atoms with E-state index in [0.717, 1.165) is 34.0 Å². The number of hydrogen-bond donors (Lipinski definition) is 0. The summed E-state index contributed by atoms with van der Waals surface area (Å²) < 4.78 is 8.43. The first-order valence-electron chi connectivity index (χ1n) is 6.37. The van der Waals surface area contributed by atoms with Gasteiger partial charge in [-0.05, 0) is 0 Å². The van der Waals surface area contributed by atoms with Crippen molar-refractivity contribution in [3.8, 4) is 0 Å². The molecule has 0 N–H and O–H groups in total. The fraction of sp³-hybridized carbons (Fsp3) is 0.429. The molecular formula is C14H18IN2O2-. The Morgan fingerprint density at radius 3 is 3.05 bits per heavy atom. The summed E-state index contributed by atoms with van der Waals surface area (Å²) in [4.78, 5) is 16.5. The number of pyridine rings is 1. The number of carbonyl (C=O) groups excluding carboxylic acids is 1. The predicted octanol–water partition coefficient (Wildman–Crippen LogP) is -0.157. The second-order valence-corrected chi connectivity index (χ2v) is 6.55. The Bertz CT molecular complexity index is 592. The Morgan fingerprint density at radius 1 is 1.53 bits per heavy atom. The van der Waals surface area contributed by atoms with E-state index in [9.17, 15) is 4.79 Å². The molecule has 0 bridgehead atoms. The van der Waals surface area contributed by atoms with E-state index >= 15 is 0 Å². The topological polar surface area (TPSA) is 44.1 Å². The molecule has 2 rings (SSSR count). The van der Waals surface area contributed by atoms with Gasteiger partial charge >= 0.3 is 124 Å². The van der Waals surface area contributed by atoms with Crippen molar-refractivity contribution in [2.24, 2.45) is 7.05 Å². The predicted molar refractivity (Wildman–Crippen MR) is 70.6 cm³/mol. The van der Waals surface area contributed by atoms with Gasteiger partial charge in [0.2, 0.25) is 0 Å². The van der Waals surface area contributed by atoms with Crippen molar-refractivity contribution in [1.82, 2.24) is 9.55 Å². The number of fused-ring (bicyclic) bond motifs is 1. The molecule has 2 heterocycles. The van der Waals surface area contributed by atoms with Gasteiger partial charge in [-0.15, -0.1) is 0 Å². The van der Waals surface area contributed by atoms with E-state index < -0.39 is 21.6 Å². The maximum absolute atomic E-state index is 12.2. The quantitative estimate of drug-likeness (QED) is 0.416. The van der Waals surface area contributed by atoms with Crippen LogP contribution in [0.3, 0.4) is 0 Å². The second kappa shape index (κ2) is 6.36. The van der Waals surface area contributed by atoms with Gasteiger partial charge in [0.05, 0.1) is 0 Å². The Hall–Kier alpha value is -1.11. The van der Waals surface area contributed by atoms with Gasteiger partial charge in [0.15, 0.2) is 0 Å². The van der Waals surface area contributed by atoms with E-state index in [-0.39, 0.29) is 5.97 Å². The van der Waals surface area contributed by atoms with Crippen LogP contribution < -0.4 is 21.6 Å². The first-order chi connectivity index (χ1) is 9.16. The molecule has 0 aliphatic rings. The van der Waals surface area contributed by atoms with Crippen LogP contribution in [0.25, 0.3) is 11.0 Å². The van der Waals surface area contributed by atoms with Crippen molar-refractivity contribution in [3.63, 3.8) is 0 Å². The van der Waals surface area contributed by atoms with E-state index in [4.69, 9.17) is 3.07 Å². The number of halogens is 1. The van der Waals surface area contributed by atoms with Crippen molar-refractivity contribution in [2.75, 3.05) is 4.43 Å². The maximum atomic E-state index is 12.2. The summed E-state index contributed by atoms with van der Waals surface area (Å²) in [5.41, 5.74) is 2.42. The van der Waals surface area contributed by atoms with E-state index in [2.05, 4.69) is 11.9 Å². The monoisotopic (exact) mass is 373 g/mol. The van der Waals surface area contributed by atoms with Crippen LogP contribution in [0.4, 0.5) is 0 Å². The molecule has 0 aromatic carbocycles. The normalized spacial score (nSPS) is 11.1. The number of unbranched alkanes of at least 4 members (excludes halogenated alkanes) is 1. The van der Waals surface area contributed by atoms with E-state index in [1.807, 2.05) is 30.7 Å². The molecule has 104 valence electrons. The van der Waals surface area contributed by atoms with Crippen LogP contribution in [0.2, 0.25) is 0 Å². The number of hydrogen-bond acceptors (Lipinski definition) is 3. The average Bonchev–Trinajstić information content (AvgIpc) is 2.68. The first-order valence-corrected chi connectivity index (χ1v) is 8.77. The Labute approximate surface area is 124 Å². The van der Waals surface area contributed by atoms with Crippen molar-refractivity contribution >= 4 is 17.0 Å². The number of aromatic nitrogens is 2. The SMILES string of the molecule is CCCC[I-]OC(=O)c1c(C)n(C)c2ncccc12. The third-order valence-corrected chi connectivity index (χ3v) is 5.05. The average molecular weight is 373 g/mol. The summed E-state index contributed by atoms with van der Waals surface area (Å²) >= 11 is -0.487. The van der Waals surface area contributed by atoms with E-state index in [0.29, 0.717) is 5.56 Å². The van der Waals surface area contributed by atoms with Crippen LogP contribution >= 0.6 is 0 Å². The summed E-state index contributed by atoms with van der Waals surface area (Å²) in [7, 11) is 1.92. The minimum atomic E-state index is -0.487. The number of rotatable bonds is 5. The van der Waals surface area contributed by atoms with Crippen LogP contribution in [-0.2, 0) is 10.1 Å². The molecule has 0 saturated carbocycles. The van der Waals surface area contributed by atoms with Gasteiger partial charge in [-0.3, -0.25) is 0 Å². The van der Waals surface area contributed by atoms with E-state index in [1.165, 1.54) is 0 Å². The summed E-state index contributed by atoms with van der Waals surface area (Å²) in [6.07, 6.45) is 4.02. The molecule has 0 atom stereocenters. The van der Waals surface area contributed by atoms with Gasteiger partial charge in [-0.1, -0.05) is 0 Å². The Balaban J connectivity index is 2.24. The Kier molecular flexibility index (Phi) is 4.79. The molecule has 0 fully saturated rings. The second-order valence-electron chi connectivity index (χ2n) is 4.41. The third-order valence-electron chi connectivity index (χ3n) is 3.13. The summed E-state index contributed by atoms with van der Waals surface area (Å²) in [6, 6.07) is 3.78. The third kappa shape index (κ3) is 2.91. The molecule has 0 amide bonds. The van der Waals surface area contributed by atoms with Gasteiger partial charge in [-0.25, -0.2) is 0 Å². The van der Waals surface area contributed by atoms with Crippen LogP contribution in [-0.4, -0.2) is 19.9 Å². The van der Waals surface area contributed by atoms with Gasteiger partial charge < -0.3 is 0 Å². The molecule has 0 aliphatic heterocycles. The van der Waals surface area contributed by atoms with Crippen LogP contribution in [0.5, 0.6) is 0 Å². The number of nitrogens with zero attached hydrogens (tertiary/aromatic N) is 2. The van der Waals surface area contributed by atoms with Crippen molar-refractivity contribution in [1.29, 1.82) is 0 Å². The molecule has 0 saturated heterocycles. The number of carbonyl (C=O) groups is 1. The van der Waals surface area contributed by atoms with Crippen molar-refractivity contribution in [2.45, 2.75) is 26.7 Å². The molecule has 4 nitrogen and oxygen atoms in total. The molecule has 19 heavy (non-hydrogen) atoms. The zero-order valence-corrected chi connectivity index (χ0v) is 13.6. The molecular weight excluding hydrogens is 355 g/mol. The fourth-order valence-corrected chi connectivity index (χ4v) is 3.75. The van der Waals surface area contributed by atoms with Crippen molar-refractivity contribution < 1.29 is 29.5 Å². The molecule has 0 aliphatic carbocycles. The molecule has 2 aromatic heterocycles. The van der Waals surface area contributed by atoms with E-state index in [1.54, 1.807) is 6.20 Å². The molecule has 0 radical (unpaired) electrons. The van der Waals surface area contributed by atoms with Gasteiger partial charge in [0, 0.05) is 0 Å². The van der Waals surface area contributed by atoms with Crippen LogP contribution in [0, 0.1) is 6.92 Å². The minimum absolute atomic E-state index is 0.194. The number of aryl methyl sites for hydroxylation is 1. The van der Waals surface area contributed by atoms with Crippen LogP contribution in [0.15, 0.2) is 18.3 Å². The van der Waals surface area contributed by atoms with Gasteiger partial charge in [0.1, 0.15) is 0 Å². The zero-order valence-electron chi connectivity index (χ0n) is 11.4. The molecule has 5 heteroatoms. The first kappa shape index (κ1) is 14.3. The molecule has 0 unspecified atom stereocenters.